The quantitative estimate of drug-likeness (QED) is 0.545. The van der Waals surface area contributed by atoms with Gasteiger partial charge in [-0.3, -0.25) is 24.6 Å². The number of amides is 3. The van der Waals surface area contributed by atoms with Gasteiger partial charge in [0.1, 0.15) is 0 Å². The number of nitrogens with zero attached hydrogens (tertiary/aromatic N) is 3. The molecule has 3 aromatic rings. The van der Waals surface area contributed by atoms with Crippen LogP contribution in [-0.2, 0) is 19.4 Å². The first-order valence-corrected chi connectivity index (χ1v) is 11.7. The molecule has 0 radical (unpaired) electrons. The van der Waals surface area contributed by atoms with Crippen molar-refractivity contribution in [3.8, 4) is 11.5 Å². The number of carbonyl (C=O) groups excluding carboxylic acids is 3. The zero-order valence-electron chi connectivity index (χ0n) is 17.8. The van der Waals surface area contributed by atoms with Crippen LogP contribution >= 0.6 is 0 Å². The van der Waals surface area contributed by atoms with Gasteiger partial charge in [-0.2, -0.15) is 0 Å². The summed E-state index contributed by atoms with van der Waals surface area (Å²) in [5.41, 5.74) is 1.000. The van der Waals surface area contributed by atoms with Gasteiger partial charge in [-0.1, -0.05) is 11.2 Å². The topological polar surface area (TPSA) is 140 Å². The van der Waals surface area contributed by atoms with Crippen molar-refractivity contribution in [3.63, 3.8) is 0 Å². The minimum Gasteiger partial charge on any atom is -0.403 e. The van der Waals surface area contributed by atoms with Crippen LogP contribution in [0.2, 0.25) is 0 Å². The molecule has 3 amide bonds. The maximum Gasteiger partial charge on any atom is 0.322 e. The molecular weight excluding hydrogens is 448 g/mol. The van der Waals surface area contributed by atoms with E-state index in [4.69, 9.17) is 4.42 Å². The number of sulfone groups is 1. The second-order valence-corrected chi connectivity index (χ2v) is 10.2. The van der Waals surface area contributed by atoms with Crippen LogP contribution in [-0.4, -0.2) is 41.6 Å². The van der Waals surface area contributed by atoms with Crippen molar-refractivity contribution in [3.05, 3.63) is 54.1 Å². The lowest BCUT2D eigenvalue weighted by Gasteiger charge is -2.14. The van der Waals surface area contributed by atoms with Crippen LogP contribution in [0.3, 0.4) is 0 Å². The lowest BCUT2D eigenvalue weighted by molar-refractivity contribution is -0.121. The van der Waals surface area contributed by atoms with E-state index in [1.54, 1.807) is 38.1 Å². The van der Waals surface area contributed by atoms with Crippen LogP contribution in [0, 0.1) is 0 Å². The lowest BCUT2D eigenvalue weighted by Crippen LogP contribution is -2.28. The number of rotatable bonds is 6. The summed E-state index contributed by atoms with van der Waals surface area (Å²) in [4.78, 5) is 37.7. The molecule has 11 heteroatoms. The van der Waals surface area contributed by atoms with Gasteiger partial charge in [0.05, 0.1) is 15.8 Å². The SMILES string of the molecule is CC(C)S(=O)(=O)c1ccc(-c2nnc(NC(=O)c3cccc(N4C(=O)CCC4=O)c3)o2)cc1. The molecule has 0 unspecified atom stereocenters. The van der Waals surface area contributed by atoms with Crippen molar-refractivity contribution in [2.45, 2.75) is 36.8 Å². The Morgan fingerprint density at radius 2 is 1.70 bits per heavy atom. The summed E-state index contributed by atoms with van der Waals surface area (Å²) < 4.78 is 30.0. The first-order chi connectivity index (χ1) is 15.7. The summed E-state index contributed by atoms with van der Waals surface area (Å²) in [5, 5.41) is 9.61. The number of hydrogen-bond donors (Lipinski definition) is 1. The molecule has 0 saturated carbocycles. The Kier molecular flexibility index (Phi) is 5.81. The number of nitrogens with one attached hydrogen (secondary N) is 1. The highest BCUT2D eigenvalue weighted by Crippen LogP contribution is 2.25. The third-order valence-electron chi connectivity index (χ3n) is 5.11. The summed E-state index contributed by atoms with van der Waals surface area (Å²) in [6.45, 7) is 3.21. The Hall–Kier alpha value is -3.86. The van der Waals surface area contributed by atoms with Crippen molar-refractivity contribution >= 4 is 39.3 Å². The van der Waals surface area contributed by atoms with E-state index in [1.807, 2.05) is 0 Å². The van der Waals surface area contributed by atoms with E-state index >= 15 is 0 Å². The van der Waals surface area contributed by atoms with Gasteiger partial charge in [-0.25, -0.2) is 8.42 Å². The van der Waals surface area contributed by atoms with Crippen LogP contribution in [0.5, 0.6) is 0 Å². The number of imide groups is 1. The summed E-state index contributed by atoms with van der Waals surface area (Å²) in [5.74, 6) is -1.09. The molecule has 10 nitrogen and oxygen atoms in total. The molecule has 0 atom stereocenters. The smallest absolute Gasteiger partial charge is 0.322 e. The number of hydrogen-bond acceptors (Lipinski definition) is 8. The Bertz CT molecular complexity index is 1330. The van der Waals surface area contributed by atoms with E-state index in [1.165, 1.54) is 24.3 Å². The lowest BCUT2D eigenvalue weighted by atomic mass is 10.2. The Labute approximate surface area is 189 Å². The van der Waals surface area contributed by atoms with E-state index in [0.29, 0.717) is 11.3 Å². The molecule has 33 heavy (non-hydrogen) atoms. The average Bonchev–Trinajstić information content (AvgIpc) is 3.39. The van der Waals surface area contributed by atoms with Gasteiger partial charge in [-0.15, -0.1) is 5.10 Å². The highest BCUT2D eigenvalue weighted by molar-refractivity contribution is 7.92. The summed E-state index contributed by atoms with van der Waals surface area (Å²) >= 11 is 0. The van der Waals surface area contributed by atoms with Gasteiger partial charge < -0.3 is 4.42 Å². The summed E-state index contributed by atoms with van der Waals surface area (Å²) in [7, 11) is -3.40. The molecular formula is C22H20N4O6S. The van der Waals surface area contributed by atoms with Gasteiger partial charge in [0.2, 0.25) is 17.7 Å². The minimum absolute atomic E-state index is 0.0980. The summed E-state index contributed by atoms with van der Waals surface area (Å²) in [6, 6.07) is 11.9. The first-order valence-electron chi connectivity index (χ1n) is 10.1. The molecule has 2 aromatic carbocycles. The van der Waals surface area contributed by atoms with Crippen molar-refractivity contribution in [2.24, 2.45) is 0 Å². The van der Waals surface area contributed by atoms with E-state index < -0.39 is 21.0 Å². The Morgan fingerprint density at radius 3 is 2.33 bits per heavy atom. The molecule has 170 valence electrons. The fourth-order valence-corrected chi connectivity index (χ4v) is 4.33. The van der Waals surface area contributed by atoms with E-state index in [2.05, 4.69) is 15.5 Å². The van der Waals surface area contributed by atoms with Crippen LogP contribution in [0.25, 0.3) is 11.5 Å². The molecule has 2 heterocycles. The van der Waals surface area contributed by atoms with Crippen LogP contribution in [0.1, 0.15) is 37.0 Å². The van der Waals surface area contributed by atoms with Crippen molar-refractivity contribution in [1.82, 2.24) is 10.2 Å². The van der Waals surface area contributed by atoms with Crippen LogP contribution in [0.4, 0.5) is 11.7 Å². The zero-order chi connectivity index (χ0) is 23.8. The van der Waals surface area contributed by atoms with Crippen molar-refractivity contribution in [2.75, 3.05) is 10.2 Å². The van der Waals surface area contributed by atoms with E-state index in [-0.39, 0.29) is 47.0 Å². The van der Waals surface area contributed by atoms with Gasteiger partial charge in [-0.05, 0) is 56.3 Å². The maximum atomic E-state index is 12.6. The normalized spacial score (nSPS) is 14.2. The fourth-order valence-electron chi connectivity index (χ4n) is 3.27. The van der Waals surface area contributed by atoms with Crippen molar-refractivity contribution in [1.29, 1.82) is 0 Å². The number of aromatic nitrogens is 2. The van der Waals surface area contributed by atoms with Gasteiger partial charge in [0, 0.05) is 24.0 Å². The highest BCUT2D eigenvalue weighted by atomic mass is 32.2. The molecule has 1 saturated heterocycles. The van der Waals surface area contributed by atoms with Crippen molar-refractivity contribution < 1.29 is 27.2 Å². The third-order valence-corrected chi connectivity index (χ3v) is 7.28. The highest BCUT2D eigenvalue weighted by Gasteiger charge is 2.30. The largest absolute Gasteiger partial charge is 0.403 e. The number of anilines is 2. The van der Waals surface area contributed by atoms with Crippen LogP contribution in [0.15, 0.2) is 57.8 Å². The molecule has 1 aliphatic rings. The molecule has 4 rings (SSSR count). The standard InChI is InChI=1S/C22H20N4O6S/c1-13(2)33(30,31)17-8-6-14(7-9-17)21-24-25-22(32-21)23-20(29)15-4-3-5-16(12-15)26-18(27)10-11-19(26)28/h3-9,12-13H,10-11H2,1-2H3,(H,23,25,29). The summed E-state index contributed by atoms with van der Waals surface area (Å²) in [6.07, 6.45) is 0.287. The predicted molar refractivity (Wildman–Crippen MR) is 118 cm³/mol. The maximum absolute atomic E-state index is 12.6. The molecule has 1 N–H and O–H groups in total. The Morgan fingerprint density at radius 1 is 1.03 bits per heavy atom. The van der Waals surface area contributed by atoms with Gasteiger partial charge >= 0.3 is 6.01 Å². The molecule has 0 spiro atoms. The average molecular weight is 468 g/mol. The van der Waals surface area contributed by atoms with Gasteiger partial charge in [0.15, 0.2) is 9.84 Å². The van der Waals surface area contributed by atoms with Gasteiger partial charge in [0.25, 0.3) is 5.91 Å². The van der Waals surface area contributed by atoms with E-state index in [9.17, 15) is 22.8 Å². The minimum atomic E-state index is -3.40. The molecule has 1 aromatic heterocycles. The number of carbonyl (C=O) groups is 3. The number of benzene rings is 2. The molecule has 1 aliphatic heterocycles. The molecule has 1 fully saturated rings. The first kappa shape index (κ1) is 22.3. The monoisotopic (exact) mass is 468 g/mol. The predicted octanol–water partition coefficient (Wildman–Crippen LogP) is 2.82. The molecule has 0 aliphatic carbocycles. The Balaban J connectivity index is 1.49. The second-order valence-electron chi connectivity index (χ2n) is 7.66. The molecule has 0 bridgehead atoms. The zero-order valence-corrected chi connectivity index (χ0v) is 18.6. The van der Waals surface area contributed by atoms with Crippen LogP contribution < -0.4 is 10.2 Å². The third kappa shape index (κ3) is 4.40. The second kappa shape index (κ2) is 8.58. The fraction of sp³-hybridized carbons (Fsp3) is 0.227. The van der Waals surface area contributed by atoms with E-state index in [0.717, 1.165) is 4.90 Å².